The number of hydrogen-bond acceptors (Lipinski definition) is 7. The van der Waals surface area contributed by atoms with Crippen LogP contribution in [0.5, 0.6) is 0 Å². The second kappa shape index (κ2) is 8.38. The number of aryl methyl sites for hydroxylation is 1. The summed E-state index contributed by atoms with van der Waals surface area (Å²) >= 11 is 3.23. The first-order chi connectivity index (χ1) is 9.24. The maximum Gasteiger partial charge on any atom is 0.240 e. The average Bonchev–Trinajstić information content (AvgIpc) is 3.09. The first-order valence-corrected chi connectivity index (χ1v) is 8.32. The summed E-state index contributed by atoms with van der Waals surface area (Å²) in [7, 11) is 0. The lowest BCUT2D eigenvalue weighted by Gasteiger charge is -2.35. The van der Waals surface area contributed by atoms with Crippen molar-refractivity contribution >= 4 is 59.1 Å². The van der Waals surface area contributed by atoms with Gasteiger partial charge in [-0.15, -0.1) is 36.6 Å². The fraction of sp³-hybridized carbons (Fsp3) is 0.727. The molecule has 21 heavy (non-hydrogen) atoms. The second-order valence-electron chi connectivity index (χ2n) is 4.71. The van der Waals surface area contributed by atoms with E-state index >= 15 is 0 Å². The van der Waals surface area contributed by atoms with Crippen molar-refractivity contribution in [3.8, 4) is 0 Å². The third-order valence-corrected chi connectivity index (χ3v) is 5.20. The highest BCUT2D eigenvalue weighted by Gasteiger charge is 2.30. The molecule has 6 nitrogen and oxygen atoms in total. The minimum absolute atomic E-state index is 0. The van der Waals surface area contributed by atoms with Crippen molar-refractivity contribution in [3.05, 3.63) is 5.82 Å². The van der Waals surface area contributed by atoms with Crippen LogP contribution in [0.4, 0.5) is 5.13 Å². The van der Waals surface area contributed by atoms with Crippen molar-refractivity contribution in [2.24, 2.45) is 0 Å². The summed E-state index contributed by atoms with van der Waals surface area (Å²) in [6, 6.07) is 0.0142. The molecule has 2 saturated heterocycles. The lowest BCUT2D eigenvalue weighted by Crippen LogP contribution is -2.53. The topological polar surface area (TPSA) is 61.4 Å². The van der Waals surface area contributed by atoms with Crippen LogP contribution in [-0.2, 0) is 4.79 Å². The van der Waals surface area contributed by atoms with Gasteiger partial charge in [0.25, 0.3) is 0 Å². The zero-order chi connectivity index (χ0) is 13.2. The lowest BCUT2D eigenvalue weighted by molar-refractivity contribution is -0.132. The summed E-state index contributed by atoms with van der Waals surface area (Å²) in [5, 5.41) is 4.21. The van der Waals surface area contributed by atoms with Crippen LogP contribution in [0.1, 0.15) is 5.82 Å². The number of carbonyl (C=O) groups excluding carboxylic acids is 1. The van der Waals surface area contributed by atoms with E-state index in [1.807, 2.05) is 11.8 Å². The Morgan fingerprint density at radius 2 is 2.00 bits per heavy atom. The number of carbonyl (C=O) groups is 1. The molecule has 1 N–H and O–H groups in total. The third-order valence-electron chi connectivity index (χ3n) is 3.39. The van der Waals surface area contributed by atoms with Crippen molar-refractivity contribution in [2.75, 3.05) is 42.7 Å². The van der Waals surface area contributed by atoms with Crippen LogP contribution in [0.25, 0.3) is 0 Å². The molecular weight excluding hydrogens is 353 g/mol. The summed E-state index contributed by atoms with van der Waals surface area (Å²) in [4.78, 5) is 20.8. The zero-order valence-corrected chi connectivity index (χ0v) is 14.9. The summed E-state index contributed by atoms with van der Waals surface area (Å²) in [6.45, 7) is 5.16. The molecule has 1 aromatic rings. The quantitative estimate of drug-likeness (QED) is 0.836. The monoisotopic (exact) mass is 371 g/mol. The maximum absolute atomic E-state index is 12.3. The van der Waals surface area contributed by atoms with Crippen LogP contribution in [-0.4, -0.2) is 64.0 Å². The van der Waals surface area contributed by atoms with Crippen molar-refractivity contribution in [1.82, 2.24) is 19.6 Å². The smallest absolute Gasteiger partial charge is 0.240 e. The Bertz CT molecular complexity index is 461. The van der Waals surface area contributed by atoms with E-state index in [1.165, 1.54) is 11.5 Å². The molecule has 0 aliphatic carbocycles. The molecule has 0 spiro atoms. The molecule has 2 aliphatic heterocycles. The third kappa shape index (κ3) is 4.35. The SMILES string of the molecule is Cc1nsc(N2CCN(C(=O)C3CSCN3)CC2)n1.Cl.Cl. The summed E-state index contributed by atoms with van der Waals surface area (Å²) in [6.07, 6.45) is 0. The van der Waals surface area contributed by atoms with Crippen LogP contribution >= 0.6 is 48.1 Å². The van der Waals surface area contributed by atoms with E-state index in [9.17, 15) is 4.79 Å². The molecular formula is C11H19Cl2N5OS2. The number of aromatic nitrogens is 2. The Morgan fingerprint density at radius 3 is 2.52 bits per heavy atom. The van der Waals surface area contributed by atoms with Crippen molar-refractivity contribution in [1.29, 1.82) is 0 Å². The molecule has 120 valence electrons. The fourth-order valence-electron chi connectivity index (χ4n) is 2.31. The van der Waals surface area contributed by atoms with E-state index < -0.39 is 0 Å². The number of anilines is 1. The molecule has 2 fully saturated rings. The second-order valence-corrected chi connectivity index (χ2v) is 6.47. The first kappa shape index (κ1) is 18.8. The van der Waals surface area contributed by atoms with Gasteiger partial charge in [0, 0.05) is 49.3 Å². The van der Waals surface area contributed by atoms with Gasteiger partial charge in [0.15, 0.2) is 0 Å². The standard InChI is InChI=1S/C11H17N5OS2.2ClH/c1-8-13-11(19-14-8)16-4-2-15(3-5-16)10(17)9-6-18-7-12-9;;/h9,12H,2-7H2,1H3;2*1H. The van der Waals surface area contributed by atoms with Crippen LogP contribution in [0.3, 0.4) is 0 Å². The predicted octanol–water partition coefficient (Wildman–Crippen LogP) is 1.00. The lowest BCUT2D eigenvalue weighted by atomic mass is 10.2. The molecule has 0 bridgehead atoms. The molecule has 0 aromatic carbocycles. The Labute approximate surface area is 145 Å². The summed E-state index contributed by atoms with van der Waals surface area (Å²) in [5.41, 5.74) is 0. The van der Waals surface area contributed by atoms with Crippen molar-refractivity contribution in [3.63, 3.8) is 0 Å². The predicted molar refractivity (Wildman–Crippen MR) is 92.2 cm³/mol. The highest BCUT2D eigenvalue weighted by atomic mass is 35.5. The highest BCUT2D eigenvalue weighted by Crippen LogP contribution is 2.19. The van der Waals surface area contributed by atoms with Crippen LogP contribution in [0, 0.1) is 6.92 Å². The maximum atomic E-state index is 12.3. The Morgan fingerprint density at radius 1 is 1.29 bits per heavy atom. The van der Waals surface area contributed by atoms with E-state index in [1.54, 1.807) is 11.8 Å². The Hall–Kier alpha value is -0.280. The molecule has 3 rings (SSSR count). The average molecular weight is 372 g/mol. The number of thioether (sulfide) groups is 1. The van der Waals surface area contributed by atoms with Gasteiger partial charge in [-0.05, 0) is 6.92 Å². The van der Waals surface area contributed by atoms with E-state index in [2.05, 4.69) is 19.6 Å². The van der Waals surface area contributed by atoms with Gasteiger partial charge in [0.2, 0.25) is 11.0 Å². The summed E-state index contributed by atoms with van der Waals surface area (Å²) < 4.78 is 4.20. The minimum Gasteiger partial charge on any atom is -0.343 e. The number of piperazine rings is 1. The normalized spacial score (nSPS) is 21.7. The summed E-state index contributed by atoms with van der Waals surface area (Å²) in [5.74, 6) is 2.86. The molecule has 3 heterocycles. The number of rotatable bonds is 2. The van der Waals surface area contributed by atoms with E-state index in [4.69, 9.17) is 0 Å². The Balaban J connectivity index is 0.00000110. The number of nitrogens with one attached hydrogen (secondary N) is 1. The van der Waals surface area contributed by atoms with Crippen molar-refractivity contribution in [2.45, 2.75) is 13.0 Å². The van der Waals surface area contributed by atoms with Gasteiger partial charge < -0.3 is 9.80 Å². The molecule has 1 aromatic heterocycles. The van der Waals surface area contributed by atoms with Gasteiger partial charge in [-0.1, -0.05) is 0 Å². The zero-order valence-electron chi connectivity index (χ0n) is 11.7. The van der Waals surface area contributed by atoms with Gasteiger partial charge in [-0.2, -0.15) is 4.37 Å². The van der Waals surface area contributed by atoms with Crippen LogP contribution in [0.15, 0.2) is 0 Å². The van der Waals surface area contributed by atoms with E-state index in [0.29, 0.717) is 0 Å². The van der Waals surface area contributed by atoms with E-state index in [-0.39, 0.29) is 36.8 Å². The van der Waals surface area contributed by atoms with Gasteiger partial charge in [0.05, 0.1) is 6.04 Å². The number of halogens is 2. The molecule has 10 heteroatoms. The largest absolute Gasteiger partial charge is 0.343 e. The fourth-order valence-corrected chi connectivity index (χ4v) is 3.97. The minimum atomic E-state index is 0. The highest BCUT2D eigenvalue weighted by molar-refractivity contribution is 7.99. The number of nitrogens with zero attached hydrogens (tertiary/aromatic N) is 4. The van der Waals surface area contributed by atoms with Crippen molar-refractivity contribution < 1.29 is 4.79 Å². The molecule has 2 aliphatic rings. The molecule has 1 unspecified atom stereocenters. The molecule has 0 saturated carbocycles. The Kier molecular flexibility index (Phi) is 7.49. The van der Waals surface area contributed by atoms with Crippen LogP contribution in [0.2, 0.25) is 0 Å². The van der Waals surface area contributed by atoms with Crippen LogP contribution < -0.4 is 10.2 Å². The van der Waals surface area contributed by atoms with Gasteiger partial charge in [0.1, 0.15) is 5.82 Å². The van der Waals surface area contributed by atoms with Gasteiger partial charge in [-0.25, -0.2) is 4.98 Å². The number of amides is 1. The molecule has 1 atom stereocenters. The van der Waals surface area contributed by atoms with E-state index in [0.717, 1.165) is 48.8 Å². The number of hydrogen-bond donors (Lipinski definition) is 1. The van der Waals surface area contributed by atoms with Gasteiger partial charge in [-0.3, -0.25) is 10.1 Å². The van der Waals surface area contributed by atoms with Gasteiger partial charge >= 0.3 is 0 Å². The first-order valence-electron chi connectivity index (χ1n) is 6.39. The molecule has 0 radical (unpaired) electrons. The molecule has 1 amide bonds.